The number of aromatic nitrogens is 2. The molecule has 1 aliphatic rings. The van der Waals surface area contributed by atoms with Crippen molar-refractivity contribution in [1.82, 2.24) is 14.9 Å². The Morgan fingerprint density at radius 1 is 1.03 bits per heavy atom. The second-order valence-electron chi connectivity index (χ2n) is 8.08. The van der Waals surface area contributed by atoms with Crippen LogP contribution < -0.4 is 15.4 Å². The first-order chi connectivity index (χ1) is 16.0. The molecule has 8 heteroatoms. The number of hydrogen-bond donors (Lipinski definition) is 1. The van der Waals surface area contributed by atoms with Crippen molar-refractivity contribution in [3.05, 3.63) is 71.4 Å². The van der Waals surface area contributed by atoms with Crippen molar-refractivity contribution in [2.75, 3.05) is 38.1 Å². The smallest absolute Gasteiger partial charge is 0.248 e. The molecule has 0 unspecified atom stereocenters. The number of ether oxygens (including phenoxy) is 1. The van der Waals surface area contributed by atoms with Gasteiger partial charge in [-0.05, 0) is 48.9 Å². The summed E-state index contributed by atoms with van der Waals surface area (Å²) in [6.07, 6.45) is 2.83. The van der Waals surface area contributed by atoms with Gasteiger partial charge < -0.3 is 20.3 Å². The molecular weight excluding hydrogens is 434 g/mol. The largest absolute Gasteiger partial charge is 0.472 e. The highest BCUT2D eigenvalue weighted by Crippen LogP contribution is 2.35. The first kappa shape index (κ1) is 23.1. The number of carbonyl (C=O) groups excluding carboxylic acids is 1. The molecule has 4 rings (SSSR count). The number of hydrogen-bond acceptors (Lipinski definition) is 7. The summed E-state index contributed by atoms with van der Waals surface area (Å²) in [5.41, 5.74) is 8.23. The Bertz CT molecular complexity index is 1080. The molecule has 1 saturated heterocycles. The van der Waals surface area contributed by atoms with Crippen LogP contribution in [0.15, 0.2) is 64.5 Å². The Labute approximate surface area is 199 Å². The first-order valence-electron chi connectivity index (χ1n) is 11.1. The topological polar surface area (TPSA) is 84.6 Å². The van der Waals surface area contributed by atoms with Crippen molar-refractivity contribution in [2.24, 2.45) is 5.73 Å². The van der Waals surface area contributed by atoms with E-state index in [9.17, 15) is 4.79 Å². The van der Waals surface area contributed by atoms with Gasteiger partial charge in [0.15, 0.2) is 0 Å². The summed E-state index contributed by atoms with van der Waals surface area (Å²) in [6.45, 7) is 6.30. The average molecular weight is 464 g/mol. The van der Waals surface area contributed by atoms with Crippen LogP contribution >= 0.6 is 11.8 Å². The van der Waals surface area contributed by atoms with Crippen molar-refractivity contribution in [1.29, 1.82) is 0 Å². The minimum absolute atomic E-state index is 0.428. The SMILES string of the molecule is CCc1ccc(COc2nc(N3CCN(C)CC3)ncc2Sc2ccc(C(N)=O)cc2)cc1. The molecule has 0 bridgehead atoms. The van der Waals surface area contributed by atoms with Crippen molar-refractivity contribution >= 4 is 23.6 Å². The Morgan fingerprint density at radius 3 is 2.33 bits per heavy atom. The molecule has 1 fully saturated rings. The second kappa shape index (κ2) is 10.7. The van der Waals surface area contributed by atoms with Crippen molar-refractivity contribution in [3.8, 4) is 5.88 Å². The Morgan fingerprint density at radius 2 is 1.70 bits per heavy atom. The highest BCUT2D eigenvalue weighted by molar-refractivity contribution is 7.99. The van der Waals surface area contributed by atoms with Crippen LogP contribution in [0.5, 0.6) is 5.88 Å². The molecule has 0 radical (unpaired) electrons. The van der Waals surface area contributed by atoms with Gasteiger partial charge in [0.25, 0.3) is 0 Å². The zero-order valence-corrected chi connectivity index (χ0v) is 19.8. The molecule has 33 heavy (non-hydrogen) atoms. The van der Waals surface area contributed by atoms with Crippen LogP contribution in [0.25, 0.3) is 0 Å². The highest BCUT2D eigenvalue weighted by atomic mass is 32.2. The number of anilines is 1. The predicted octanol–water partition coefficient (Wildman–Crippen LogP) is 3.62. The Kier molecular flexibility index (Phi) is 7.47. The number of nitrogens with zero attached hydrogens (tertiary/aromatic N) is 4. The van der Waals surface area contributed by atoms with E-state index in [1.165, 1.54) is 17.3 Å². The van der Waals surface area contributed by atoms with Crippen LogP contribution in [-0.2, 0) is 13.0 Å². The molecule has 0 atom stereocenters. The van der Waals surface area contributed by atoms with Crippen molar-refractivity contribution < 1.29 is 9.53 Å². The van der Waals surface area contributed by atoms with Gasteiger partial charge in [-0.2, -0.15) is 4.98 Å². The maximum atomic E-state index is 11.4. The number of carbonyl (C=O) groups is 1. The zero-order chi connectivity index (χ0) is 23.2. The van der Waals surface area contributed by atoms with Gasteiger partial charge in [-0.25, -0.2) is 4.98 Å². The lowest BCUT2D eigenvalue weighted by Gasteiger charge is -2.32. The normalized spacial score (nSPS) is 14.3. The minimum Gasteiger partial charge on any atom is -0.472 e. The second-order valence-corrected chi connectivity index (χ2v) is 9.19. The van der Waals surface area contributed by atoms with Crippen LogP contribution in [0.4, 0.5) is 5.95 Å². The summed E-state index contributed by atoms with van der Waals surface area (Å²) >= 11 is 1.50. The van der Waals surface area contributed by atoms with Gasteiger partial charge in [0, 0.05) is 36.6 Å². The molecule has 2 N–H and O–H groups in total. The molecule has 3 aromatic rings. The fourth-order valence-corrected chi connectivity index (χ4v) is 4.34. The number of likely N-dealkylation sites (N-methyl/N-ethyl adjacent to an activating group) is 1. The van der Waals surface area contributed by atoms with Crippen LogP contribution in [0.2, 0.25) is 0 Å². The van der Waals surface area contributed by atoms with Gasteiger partial charge in [0.05, 0.1) is 11.1 Å². The van der Waals surface area contributed by atoms with Gasteiger partial charge in [0.2, 0.25) is 17.7 Å². The van der Waals surface area contributed by atoms with E-state index >= 15 is 0 Å². The monoisotopic (exact) mass is 463 g/mol. The van der Waals surface area contributed by atoms with E-state index in [0.29, 0.717) is 24.0 Å². The number of piperazine rings is 1. The maximum absolute atomic E-state index is 11.4. The molecule has 0 saturated carbocycles. The maximum Gasteiger partial charge on any atom is 0.248 e. The Hall–Kier alpha value is -3.10. The molecule has 1 amide bonds. The summed E-state index contributed by atoms with van der Waals surface area (Å²) in [5, 5.41) is 0. The minimum atomic E-state index is -0.440. The van der Waals surface area contributed by atoms with Crippen LogP contribution in [0.3, 0.4) is 0 Å². The van der Waals surface area contributed by atoms with Gasteiger partial charge in [-0.1, -0.05) is 43.0 Å². The molecule has 7 nitrogen and oxygen atoms in total. The predicted molar refractivity (Wildman–Crippen MR) is 131 cm³/mol. The van der Waals surface area contributed by atoms with Crippen molar-refractivity contribution in [2.45, 2.75) is 29.7 Å². The lowest BCUT2D eigenvalue weighted by molar-refractivity contribution is 0.1000. The standard InChI is InChI=1S/C25H29N5O2S/c1-3-18-4-6-19(7-5-18)17-32-24-22(33-21-10-8-20(9-11-21)23(26)31)16-27-25(28-24)30-14-12-29(2)13-15-30/h4-11,16H,3,12-15,17H2,1-2H3,(H2,26,31). The summed E-state index contributed by atoms with van der Waals surface area (Å²) in [4.78, 5) is 27.0. The van der Waals surface area contributed by atoms with E-state index in [-0.39, 0.29) is 0 Å². The third-order valence-electron chi connectivity index (χ3n) is 5.67. The molecule has 2 aromatic carbocycles. The number of rotatable bonds is 8. The number of amides is 1. The van der Waals surface area contributed by atoms with E-state index in [0.717, 1.165) is 48.0 Å². The lowest BCUT2D eigenvalue weighted by Crippen LogP contribution is -2.45. The van der Waals surface area contributed by atoms with Crippen LogP contribution in [0, 0.1) is 0 Å². The summed E-state index contributed by atoms with van der Waals surface area (Å²) in [7, 11) is 2.12. The van der Waals surface area contributed by atoms with Gasteiger partial charge in [-0.15, -0.1) is 0 Å². The van der Waals surface area contributed by atoms with E-state index in [1.54, 1.807) is 12.1 Å². The average Bonchev–Trinajstić information content (AvgIpc) is 2.84. The Balaban J connectivity index is 1.56. The zero-order valence-electron chi connectivity index (χ0n) is 19.0. The van der Waals surface area contributed by atoms with Crippen LogP contribution in [0.1, 0.15) is 28.4 Å². The molecule has 1 aromatic heterocycles. The first-order valence-corrected chi connectivity index (χ1v) is 11.9. The van der Waals surface area contributed by atoms with Gasteiger partial charge in [-0.3, -0.25) is 4.79 Å². The third kappa shape index (κ3) is 6.03. The summed E-state index contributed by atoms with van der Waals surface area (Å²) in [5.74, 6) is 0.805. The highest BCUT2D eigenvalue weighted by Gasteiger charge is 2.19. The summed E-state index contributed by atoms with van der Waals surface area (Å²) in [6, 6.07) is 15.6. The summed E-state index contributed by atoms with van der Waals surface area (Å²) < 4.78 is 6.20. The number of aryl methyl sites for hydroxylation is 1. The third-order valence-corrected chi connectivity index (χ3v) is 6.68. The lowest BCUT2D eigenvalue weighted by atomic mass is 10.1. The fraction of sp³-hybridized carbons (Fsp3) is 0.320. The van der Waals surface area contributed by atoms with E-state index in [4.69, 9.17) is 15.5 Å². The molecular formula is C25H29N5O2S. The van der Waals surface area contributed by atoms with Crippen LogP contribution in [-0.4, -0.2) is 54.0 Å². The molecule has 0 spiro atoms. The van der Waals surface area contributed by atoms with Gasteiger partial charge in [0.1, 0.15) is 6.61 Å². The molecule has 1 aliphatic heterocycles. The van der Waals surface area contributed by atoms with Crippen molar-refractivity contribution in [3.63, 3.8) is 0 Å². The molecule has 0 aliphatic carbocycles. The number of nitrogens with two attached hydrogens (primary N) is 1. The number of primary amides is 1. The van der Waals surface area contributed by atoms with E-state index in [1.807, 2.05) is 18.3 Å². The number of benzene rings is 2. The fourth-order valence-electron chi connectivity index (χ4n) is 3.52. The van der Waals surface area contributed by atoms with E-state index < -0.39 is 5.91 Å². The molecule has 2 heterocycles. The van der Waals surface area contributed by atoms with Gasteiger partial charge >= 0.3 is 0 Å². The quantitative estimate of drug-likeness (QED) is 0.546. The van der Waals surface area contributed by atoms with E-state index in [2.05, 4.69) is 53.0 Å². The molecule has 172 valence electrons.